The van der Waals surface area contributed by atoms with E-state index in [2.05, 4.69) is 17.1 Å². The van der Waals surface area contributed by atoms with Crippen molar-refractivity contribution in [3.63, 3.8) is 0 Å². The van der Waals surface area contributed by atoms with Crippen LogP contribution < -0.4 is 14.9 Å². The third kappa shape index (κ3) is 4.99. The number of ether oxygens (including phenoxy) is 2. The lowest BCUT2D eigenvalue weighted by Gasteiger charge is -2.27. The summed E-state index contributed by atoms with van der Waals surface area (Å²) < 4.78 is 10.9. The summed E-state index contributed by atoms with van der Waals surface area (Å²) in [5.41, 5.74) is 1.92. The highest BCUT2D eigenvalue weighted by Gasteiger charge is 2.39. The first kappa shape index (κ1) is 23.1. The predicted molar refractivity (Wildman–Crippen MR) is 125 cm³/mol. The van der Waals surface area contributed by atoms with E-state index < -0.39 is 11.5 Å². The van der Waals surface area contributed by atoms with Gasteiger partial charge in [0.1, 0.15) is 6.61 Å². The molecule has 32 heavy (non-hydrogen) atoms. The molecule has 0 bridgehead atoms. The number of hydrogen-bond acceptors (Lipinski definition) is 5. The van der Waals surface area contributed by atoms with Crippen LogP contribution in [0.5, 0.6) is 11.5 Å². The van der Waals surface area contributed by atoms with Gasteiger partial charge in [0.2, 0.25) is 0 Å². The zero-order valence-corrected chi connectivity index (χ0v) is 18.3. The van der Waals surface area contributed by atoms with Gasteiger partial charge in [0.15, 0.2) is 17.1 Å². The first-order valence-corrected chi connectivity index (χ1v) is 10.2. The van der Waals surface area contributed by atoms with E-state index in [9.17, 15) is 9.90 Å². The largest absolute Gasteiger partial charge is 0.493 e. The summed E-state index contributed by atoms with van der Waals surface area (Å²) in [6.07, 6.45) is 3.00. The van der Waals surface area contributed by atoms with E-state index in [0.29, 0.717) is 33.2 Å². The van der Waals surface area contributed by atoms with E-state index in [1.165, 1.54) is 13.3 Å². The summed E-state index contributed by atoms with van der Waals surface area (Å²) in [5, 5.41) is 15.7. The summed E-state index contributed by atoms with van der Waals surface area (Å²) in [6, 6.07) is 20.7. The minimum absolute atomic E-state index is 0.275. The van der Waals surface area contributed by atoms with Gasteiger partial charge in [-0.25, -0.2) is 5.43 Å². The van der Waals surface area contributed by atoms with Crippen LogP contribution in [0.25, 0.3) is 0 Å². The second-order valence-corrected chi connectivity index (χ2v) is 7.18. The molecule has 0 radical (unpaired) electrons. The highest BCUT2D eigenvalue weighted by Crippen LogP contribution is 2.36. The van der Waals surface area contributed by atoms with E-state index in [1.807, 2.05) is 12.1 Å². The van der Waals surface area contributed by atoms with Gasteiger partial charge in [0.25, 0.3) is 5.91 Å². The zero-order valence-electron chi connectivity index (χ0n) is 17.5. The van der Waals surface area contributed by atoms with Gasteiger partial charge in [-0.3, -0.25) is 4.79 Å². The molecule has 0 atom stereocenters. The molecule has 0 unspecified atom stereocenters. The van der Waals surface area contributed by atoms with Gasteiger partial charge in [0, 0.05) is 0 Å². The van der Waals surface area contributed by atoms with Crippen LogP contribution >= 0.6 is 11.6 Å². The Labute approximate surface area is 191 Å². The molecule has 7 heteroatoms. The molecule has 0 saturated carbocycles. The smallest absolute Gasteiger partial charge is 0.281 e. The molecule has 2 N–H and O–H groups in total. The molecule has 6 nitrogen and oxygen atoms in total. The maximum Gasteiger partial charge on any atom is 0.281 e. The van der Waals surface area contributed by atoms with Gasteiger partial charge >= 0.3 is 0 Å². The lowest BCUT2D eigenvalue weighted by atomic mass is 9.85. The standard InChI is InChI=1S/C25H23ClN2O4/c1-3-14-32-23-21(26)15-18(16-22(23)31-2)17-27-28-24(29)25(30,19-10-6-4-7-11-19)20-12-8-5-9-13-20/h3-13,15-17,30H,1,14H2,2H3,(H,28,29)/b27-17-. The van der Waals surface area contributed by atoms with Gasteiger partial charge in [-0.2, -0.15) is 5.10 Å². The molecule has 0 spiro atoms. The molecular weight excluding hydrogens is 428 g/mol. The Balaban J connectivity index is 1.85. The summed E-state index contributed by atoms with van der Waals surface area (Å²) in [4.78, 5) is 13.1. The van der Waals surface area contributed by atoms with Crippen LogP contribution in [0.3, 0.4) is 0 Å². The van der Waals surface area contributed by atoms with Crippen LogP contribution in [-0.4, -0.2) is 30.9 Å². The van der Waals surface area contributed by atoms with Gasteiger partial charge in [0.05, 0.1) is 18.3 Å². The van der Waals surface area contributed by atoms with Crippen LogP contribution in [0.15, 0.2) is 90.6 Å². The first-order chi connectivity index (χ1) is 15.5. The third-order valence-electron chi connectivity index (χ3n) is 4.69. The fraction of sp³-hybridized carbons (Fsp3) is 0.120. The van der Waals surface area contributed by atoms with Crippen molar-refractivity contribution in [2.75, 3.05) is 13.7 Å². The number of nitrogens with one attached hydrogen (secondary N) is 1. The second-order valence-electron chi connectivity index (χ2n) is 6.78. The number of methoxy groups -OCH3 is 1. The van der Waals surface area contributed by atoms with Crippen molar-refractivity contribution in [2.24, 2.45) is 5.10 Å². The number of hydrazone groups is 1. The molecule has 164 valence electrons. The molecule has 0 aliphatic heterocycles. The van der Waals surface area contributed by atoms with Gasteiger partial charge in [-0.05, 0) is 28.8 Å². The monoisotopic (exact) mass is 450 g/mol. The SMILES string of the molecule is C=CCOc1c(Cl)cc(/C=N\NC(=O)C(O)(c2ccccc2)c2ccccc2)cc1OC. The summed E-state index contributed by atoms with van der Waals surface area (Å²) in [5.74, 6) is 0.102. The zero-order chi connectivity index (χ0) is 23.0. The van der Waals surface area contributed by atoms with E-state index >= 15 is 0 Å². The molecule has 3 aromatic carbocycles. The third-order valence-corrected chi connectivity index (χ3v) is 4.97. The molecule has 0 aromatic heterocycles. The highest BCUT2D eigenvalue weighted by molar-refractivity contribution is 6.32. The van der Waals surface area contributed by atoms with Crippen molar-refractivity contribution in [2.45, 2.75) is 5.60 Å². The van der Waals surface area contributed by atoms with Crippen molar-refractivity contribution < 1.29 is 19.4 Å². The van der Waals surface area contributed by atoms with Crippen molar-refractivity contribution in [1.29, 1.82) is 0 Å². The highest BCUT2D eigenvalue weighted by atomic mass is 35.5. The molecule has 0 heterocycles. The fourth-order valence-electron chi connectivity index (χ4n) is 3.13. The van der Waals surface area contributed by atoms with E-state index in [4.69, 9.17) is 21.1 Å². The van der Waals surface area contributed by atoms with Crippen LogP contribution in [0.1, 0.15) is 16.7 Å². The number of rotatable bonds is 9. The van der Waals surface area contributed by atoms with Crippen molar-refractivity contribution in [3.05, 3.63) is 107 Å². The Morgan fingerprint density at radius 3 is 2.25 bits per heavy atom. The average molecular weight is 451 g/mol. The molecule has 0 saturated heterocycles. The first-order valence-electron chi connectivity index (χ1n) is 9.78. The van der Waals surface area contributed by atoms with E-state index in [1.54, 1.807) is 66.7 Å². The number of halogens is 1. The maximum absolute atomic E-state index is 13.1. The summed E-state index contributed by atoms with van der Waals surface area (Å²) in [6.45, 7) is 3.88. The van der Waals surface area contributed by atoms with Gasteiger partial charge in [-0.15, -0.1) is 0 Å². The number of nitrogens with zero attached hydrogens (tertiary/aromatic N) is 1. The minimum atomic E-state index is -1.92. The number of carbonyl (C=O) groups is 1. The molecule has 1 amide bonds. The van der Waals surface area contributed by atoms with Gasteiger partial charge < -0.3 is 14.6 Å². The topological polar surface area (TPSA) is 80.2 Å². The summed E-state index contributed by atoms with van der Waals surface area (Å²) in [7, 11) is 1.50. The molecule has 0 aliphatic rings. The molecular formula is C25H23ClN2O4. The Morgan fingerprint density at radius 1 is 1.12 bits per heavy atom. The lowest BCUT2D eigenvalue weighted by molar-refractivity contribution is -0.136. The van der Waals surface area contributed by atoms with Crippen molar-refractivity contribution >= 4 is 23.7 Å². The van der Waals surface area contributed by atoms with Crippen molar-refractivity contribution in [3.8, 4) is 11.5 Å². The molecule has 3 aromatic rings. The lowest BCUT2D eigenvalue weighted by Crippen LogP contribution is -2.43. The fourth-order valence-corrected chi connectivity index (χ4v) is 3.40. The van der Waals surface area contributed by atoms with Crippen LogP contribution in [0.4, 0.5) is 0 Å². The maximum atomic E-state index is 13.1. The Morgan fingerprint density at radius 2 is 1.72 bits per heavy atom. The Bertz CT molecular complexity index is 1060. The van der Waals surface area contributed by atoms with Gasteiger partial charge in [-0.1, -0.05) is 84.9 Å². The Hall–Kier alpha value is -3.61. The number of hydrogen-bond donors (Lipinski definition) is 2. The van der Waals surface area contributed by atoms with Crippen molar-refractivity contribution in [1.82, 2.24) is 5.43 Å². The predicted octanol–water partition coefficient (Wildman–Crippen LogP) is 4.30. The molecule has 3 rings (SSSR count). The van der Waals surface area contributed by atoms with Crippen LogP contribution in [-0.2, 0) is 10.4 Å². The number of amides is 1. The number of aliphatic hydroxyl groups is 1. The summed E-state index contributed by atoms with van der Waals surface area (Å²) >= 11 is 6.29. The van der Waals surface area contributed by atoms with Crippen LogP contribution in [0.2, 0.25) is 5.02 Å². The van der Waals surface area contributed by atoms with Crippen LogP contribution in [0, 0.1) is 0 Å². The average Bonchev–Trinajstić information content (AvgIpc) is 2.83. The second kappa shape index (κ2) is 10.6. The quantitative estimate of drug-likeness (QED) is 0.289. The minimum Gasteiger partial charge on any atom is -0.493 e. The molecule has 0 fully saturated rings. The number of carbonyl (C=O) groups excluding carboxylic acids is 1. The van der Waals surface area contributed by atoms with E-state index in [0.717, 1.165) is 0 Å². The Kier molecular flexibility index (Phi) is 7.65. The van der Waals surface area contributed by atoms with E-state index in [-0.39, 0.29) is 6.61 Å². The molecule has 0 aliphatic carbocycles. The number of benzene rings is 3. The normalized spacial score (nSPS) is 11.2.